The fourth-order valence-corrected chi connectivity index (χ4v) is 1.22. The van der Waals surface area contributed by atoms with Crippen molar-refractivity contribution in [2.75, 3.05) is 0 Å². The third-order valence-electron chi connectivity index (χ3n) is 1.79. The summed E-state index contributed by atoms with van der Waals surface area (Å²) in [7, 11) is 0. The fraction of sp³-hybridized carbons (Fsp3) is 0. The van der Waals surface area contributed by atoms with Gasteiger partial charge < -0.3 is 0 Å². The van der Waals surface area contributed by atoms with E-state index in [0.717, 1.165) is 5.35 Å². The molecule has 0 fully saturated rings. The zero-order valence-electron chi connectivity index (χ0n) is 6.20. The van der Waals surface area contributed by atoms with E-state index in [1.165, 1.54) is 5.56 Å². The van der Waals surface area contributed by atoms with Crippen LogP contribution in [-0.2, 0) is 0 Å². The molecule has 0 radical (unpaired) electrons. The van der Waals surface area contributed by atoms with Gasteiger partial charge in [-0.2, -0.15) is 0 Å². The van der Waals surface area contributed by atoms with E-state index >= 15 is 0 Å². The summed E-state index contributed by atoms with van der Waals surface area (Å²) in [5, 5.41) is 1.16. The normalized spacial score (nSPS) is 13.1. The Morgan fingerprint density at radius 3 is 3.18 bits per heavy atom. The average Bonchev–Trinajstić information content (AvgIpc) is 2.06. The quantitative estimate of drug-likeness (QED) is 0.369. The van der Waals surface area contributed by atoms with Crippen LogP contribution in [0.5, 0.6) is 0 Å². The van der Waals surface area contributed by atoms with E-state index < -0.39 is 0 Å². The first-order valence-corrected chi connectivity index (χ1v) is 3.58. The molecule has 52 valence electrons. The van der Waals surface area contributed by atoms with Crippen molar-refractivity contribution in [3.05, 3.63) is 54.5 Å². The van der Waals surface area contributed by atoms with Gasteiger partial charge in [-0.3, -0.25) is 0 Å². The second-order valence-electron chi connectivity index (χ2n) is 2.54. The summed E-state index contributed by atoms with van der Waals surface area (Å²) in [5.74, 6) is 0. The zero-order valence-corrected chi connectivity index (χ0v) is 6.20. The Morgan fingerprint density at radius 1 is 1.45 bits per heavy atom. The summed E-state index contributed by atoms with van der Waals surface area (Å²) >= 11 is 0. The van der Waals surface area contributed by atoms with Gasteiger partial charge in [-0.05, 0) is 0 Å². The van der Waals surface area contributed by atoms with Crippen molar-refractivity contribution in [2.45, 2.75) is 0 Å². The van der Waals surface area contributed by atoms with Gasteiger partial charge in [0.15, 0.2) is 11.8 Å². The van der Waals surface area contributed by atoms with Gasteiger partial charge in [-0.25, -0.2) is 0 Å². The lowest BCUT2D eigenvalue weighted by molar-refractivity contribution is -0.514. The number of allylic oxidation sites excluding steroid dienone is 2. The van der Waals surface area contributed by atoms with Crippen molar-refractivity contribution in [1.82, 2.24) is 0 Å². The molecule has 1 aromatic rings. The van der Waals surface area contributed by atoms with Crippen LogP contribution >= 0.6 is 0 Å². The van der Waals surface area contributed by atoms with E-state index in [-0.39, 0.29) is 0 Å². The molecule has 0 saturated heterocycles. The van der Waals surface area contributed by atoms with Gasteiger partial charge in [0.2, 0.25) is 0 Å². The first kappa shape index (κ1) is 6.23. The molecule has 0 N–H and O–H groups in total. The Labute approximate surface area is 65.6 Å². The van der Waals surface area contributed by atoms with E-state index in [4.69, 9.17) is 0 Å². The van der Waals surface area contributed by atoms with E-state index in [1.807, 2.05) is 28.7 Å². The number of aromatic nitrogens is 1. The molecule has 0 saturated carbocycles. The fourth-order valence-electron chi connectivity index (χ4n) is 1.22. The molecule has 0 amide bonds. The molecular formula is C10H9N+2. The highest BCUT2D eigenvalue weighted by Crippen LogP contribution is 1.98. The molecule has 0 aliphatic heterocycles. The van der Waals surface area contributed by atoms with Gasteiger partial charge in [-0.1, -0.05) is 0 Å². The standard InChI is InChI=1S/C10H9N/c1-11-8-4-6-9-5-2-3-7-10(9)11/h2-8H,1H2/q+2. The molecule has 1 heterocycles. The van der Waals surface area contributed by atoms with Crippen LogP contribution in [0.4, 0.5) is 0 Å². The number of hydrogen-bond donors (Lipinski definition) is 0. The van der Waals surface area contributed by atoms with E-state index in [2.05, 4.69) is 25.3 Å². The van der Waals surface area contributed by atoms with Crippen LogP contribution in [0.25, 0.3) is 6.08 Å². The van der Waals surface area contributed by atoms with Crippen LogP contribution in [0.15, 0.2) is 30.5 Å². The minimum absolute atomic E-state index is 1.16. The number of fused-ring (bicyclic) bond motifs is 1. The maximum absolute atomic E-state index is 3.87. The van der Waals surface area contributed by atoms with Gasteiger partial charge in [-0.15, -0.1) is 4.24 Å². The lowest BCUT2D eigenvalue weighted by Gasteiger charge is -1.88. The molecule has 0 bridgehead atoms. The number of hydrogen-bond acceptors (Lipinski definition) is 0. The van der Waals surface area contributed by atoms with E-state index in [0.29, 0.717) is 0 Å². The molecule has 0 aromatic carbocycles. The summed E-state index contributed by atoms with van der Waals surface area (Å²) in [6.45, 7) is 3.87. The SMILES string of the molecule is C=[n+]1cccc2c1=CC=C[CH+]2. The Balaban J connectivity index is 2.88. The smallest absolute Gasteiger partial charge is 0.131 e. The van der Waals surface area contributed by atoms with Gasteiger partial charge in [0, 0.05) is 30.7 Å². The Hall–Kier alpha value is -1.50. The van der Waals surface area contributed by atoms with E-state index in [9.17, 15) is 0 Å². The predicted octanol–water partition coefficient (Wildman–Crippen LogP) is 0.516. The second kappa shape index (κ2) is 2.27. The number of rotatable bonds is 0. The lowest BCUT2D eigenvalue weighted by atomic mass is 10.1. The molecule has 0 spiro atoms. The second-order valence-corrected chi connectivity index (χ2v) is 2.54. The molecule has 0 unspecified atom stereocenters. The average molecular weight is 143 g/mol. The highest BCUT2D eigenvalue weighted by Gasteiger charge is 2.10. The van der Waals surface area contributed by atoms with Gasteiger partial charge in [0.05, 0.1) is 6.08 Å². The number of pyridine rings is 1. The van der Waals surface area contributed by atoms with Crippen LogP contribution in [0.3, 0.4) is 0 Å². The van der Waals surface area contributed by atoms with Gasteiger partial charge >= 0.3 is 5.35 Å². The summed E-state index contributed by atoms with van der Waals surface area (Å²) in [4.78, 5) is 0. The third kappa shape index (κ3) is 0.944. The lowest BCUT2D eigenvalue weighted by Crippen LogP contribution is -2.37. The third-order valence-corrected chi connectivity index (χ3v) is 1.79. The molecule has 1 aromatic heterocycles. The molecular weight excluding hydrogens is 134 g/mol. The van der Waals surface area contributed by atoms with Crippen molar-refractivity contribution in [3.63, 3.8) is 0 Å². The van der Waals surface area contributed by atoms with Crippen molar-refractivity contribution in [3.8, 4) is 0 Å². The molecule has 0 atom stereocenters. The molecule has 1 heteroatoms. The van der Waals surface area contributed by atoms with Crippen LogP contribution in [0, 0.1) is 13.1 Å². The highest BCUT2D eigenvalue weighted by atomic mass is 14.8. The van der Waals surface area contributed by atoms with Crippen LogP contribution in [-0.4, -0.2) is 0 Å². The first-order chi connectivity index (χ1) is 5.38. The minimum Gasteiger partial charge on any atom is -0.131 e. The van der Waals surface area contributed by atoms with Crippen molar-refractivity contribution in [1.29, 1.82) is 0 Å². The minimum atomic E-state index is 1.16. The topological polar surface area (TPSA) is 5.90 Å². The van der Waals surface area contributed by atoms with Crippen LogP contribution in [0.2, 0.25) is 0 Å². The Bertz CT molecular complexity index is 401. The molecule has 1 aliphatic carbocycles. The Kier molecular flexibility index (Phi) is 1.29. The largest absolute Gasteiger partial charge is 0.303 e. The van der Waals surface area contributed by atoms with Crippen molar-refractivity contribution in [2.24, 2.45) is 0 Å². The van der Waals surface area contributed by atoms with Crippen LogP contribution in [0.1, 0.15) is 5.56 Å². The first-order valence-electron chi connectivity index (χ1n) is 3.58. The van der Waals surface area contributed by atoms with Crippen molar-refractivity contribution < 1.29 is 4.24 Å². The summed E-state index contributed by atoms with van der Waals surface area (Å²) < 4.78 is 1.87. The summed E-state index contributed by atoms with van der Waals surface area (Å²) in [5.41, 5.74) is 1.23. The maximum atomic E-state index is 3.87. The van der Waals surface area contributed by atoms with Crippen molar-refractivity contribution >= 4 is 6.08 Å². The molecule has 2 rings (SSSR count). The monoisotopic (exact) mass is 143 g/mol. The summed E-state index contributed by atoms with van der Waals surface area (Å²) in [6, 6.07) is 4.08. The highest BCUT2D eigenvalue weighted by molar-refractivity contribution is 5.45. The molecule has 1 aliphatic rings. The zero-order chi connectivity index (χ0) is 7.68. The van der Waals surface area contributed by atoms with E-state index in [1.54, 1.807) is 0 Å². The molecule has 11 heavy (non-hydrogen) atoms. The van der Waals surface area contributed by atoms with Gasteiger partial charge in [0.1, 0.15) is 6.72 Å². The Morgan fingerprint density at radius 2 is 2.36 bits per heavy atom. The van der Waals surface area contributed by atoms with Crippen LogP contribution < -0.4 is 9.59 Å². The molecule has 1 nitrogen and oxygen atoms in total. The summed E-state index contributed by atoms with van der Waals surface area (Å²) in [6.07, 6.45) is 10.1. The van der Waals surface area contributed by atoms with Gasteiger partial charge in [0.25, 0.3) is 0 Å². The number of nitrogens with zero attached hydrogens (tertiary/aromatic N) is 1. The predicted molar refractivity (Wildman–Crippen MR) is 44.0 cm³/mol. The maximum Gasteiger partial charge on any atom is 0.303 e.